The summed E-state index contributed by atoms with van der Waals surface area (Å²) in [6, 6.07) is 12.4. The second kappa shape index (κ2) is 8.52. The third-order valence-electron chi connectivity index (χ3n) is 5.24. The molecule has 0 bridgehead atoms. The number of rotatable bonds is 6. The lowest BCUT2D eigenvalue weighted by molar-refractivity contribution is 0.169. The van der Waals surface area contributed by atoms with Crippen molar-refractivity contribution in [3.05, 3.63) is 72.2 Å². The summed E-state index contributed by atoms with van der Waals surface area (Å²) < 4.78 is 20.7. The van der Waals surface area contributed by atoms with E-state index in [1.165, 1.54) is 12.1 Å². The second-order valence-electron chi connectivity index (χ2n) is 7.21. The van der Waals surface area contributed by atoms with Crippen LogP contribution < -0.4 is 4.74 Å². The first-order valence-corrected chi connectivity index (χ1v) is 9.77. The maximum absolute atomic E-state index is 13.0. The molecule has 1 saturated heterocycles. The Hall–Kier alpha value is -2.73. The average molecular weight is 380 g/mol. The van der Waals surface area contributed by atoms with Gasteiger partial charge < -0.3 is 4.74 Å². The summed E-state index contributed by atoms with van der Waals surface area (Å²) in [5.74, 6) is 2.74. The minimum atomic E-state index is -0.244. The lowest BCUT2D eigenvalue weighted by Gasteiger charge is -2.32. The highest BCUT2D eigenvalue weighted by molar-refractivity contribution is 5.28. The quantitative estimate of drug-likeness (QED) is 0.649. The molecule has 146 valence electrons. The molecule has 0 amide bonds. The molecule has 0 spiro atoms. The predicted molar refractivity (Wildman–Crippen MR) is 106 cm³/mol. The molecular weight excluding hydrogens is 355 g/mol. The fourth-order valence-electron chi connectivity index (χ4n) is 3.74. The van der Waals surface area contributed by atoms with E-state index in [-0.39, 0.29) is 5.82 Å². The summed E-state index contributed by atoms with van der Waals surface area (Å²) in [5.41, 5.74) is 1.13. The van der Waals surface area contributed by atoms with Gasteiger partial charge in [-0.3, -0.25) is 9.47 Å². The first-order chi connectivity index (χ1) is 13.7. The van der Waals surface area contributed by atoms with Crippen molar-refractivity contribution in [2.24, 2.45) is 0 Å². The van der Waals surface area contributed by atoms with E-state index >= 15 is 0 Å². The van der Waals surface area contributed by atoms with Crippen LogP contribution in [-0.4, -0.2) is 45.7 Å². The molecule has 5 nitrogen and oxygen atoms in total. The lowest BCUT2D eigenvalue weighted by Crippen LogP contribution is -2.37. The van der Waals surface area contributed by atoms with E-state index in [1.807, 2.05) is 23.8 Å². The summed E-state index contributed by atoms with van der Waals surface area (Å²) in [5, 5.41) is 0. The molecule has 1 atom stereocenters. The molecule has 0 unspecified atom stereocenters. The zero-order valence-corrected chi connectivity index (χ0v) is 16.1. The number of nitrogens with zero attached hydrogens (tertiary/aromatic N) is 4. The molecule has 2 aromatic heterocycles. The molecule has 0 saturated carbocycles. The van der Waals surface area contributed by atoms with Crippen molar-refractivity contribution >= 4 is 0 Å². The number of aryl methyl sites for hydroxylation is 1. The highest BCUT2D eigenvalue weighted by Crippen LogP contribution is 2.26. The number of aromatic nitrogens is 3. The molecule has 6 heteroatoms. The Morgan fingerprint density at radius 3 is 2.82 bits per heavy atom. The standard InChI is InChI=1S/C22H25FN4O/c1-17-24-11-13-27(17)22-6-2-5-21(25-22)18-4-3-12-26(16-18)14-15-28-20-9-7-19(23)8-10-20/h2,5-11,13,18H,3-4,12,14-16H2,1H3/t18-/m0/s1. The highest BCUT2D eigenvalue weighted by atomic mass is 19.1. The van der Waals surface area contributed by atoms with Gasteiger partial charge in [0, 0.05) is 37.1 Å². The van der Waals surface area contributed by atoms with Gasteiger partial charge in [-0.15, -0.1) is 0 Å². The van der Waals surface area contributed by atoms with Crippen LogP contribution in [-0.2, 0) is 0 Å². The number of imidazole rings is 1. The molecule has 1 fully saturated rings. The van der Waals surface area contributed by atoms with Crippen LogP contribution in [0.2, 0.25) is 0 Å². The number of likely N-dealkylation sites (tertiary alicyclic amines) is 1. The minimum Gasteiger partial charge on any atom is -0.492 e. The molecule has 4 rings (SSSR count). The fraction of sp³-hybridized carbons (Fsp3) is 0.364. The van der Waals surface area contributed by atoms with Crippen molar-refractivity contribution < 1.29 is 9.13 Å². The van der Waals surface area contributed by atoms with Gasteiger partial charge in [0.05, 0.1) is 0 Å². The van der Waals surface area contributed by atoms with Crippen LogP contribution in [0.1, 0.15) is 30.3 Å². The van der Waals surface area contributed by atoms with Gasteiger partial charge in [0.25, 0.3) is 0 Å². The summed E-state index contributed by atoms with van der Waals surface area (Å²) in [6.45, 7) is 5.49. The number of hydrogen-bond donors (Lipinski definition) is 0. The number of piperidine rings is 1. The van der Waals surface area contributed by atoms with Gasteiger partial charge in [0.2, 0.25) is 0 Å². The number of hydrogen-bond acceptors (Lipinski definition) is 4. The SMILES string of the molecule is Cc1nccn1-c1cccc([C@H]2CCCN(CCOc3ccc(F)cc3)C2)n1. The van der Waals surface area contributed by atoms with E-state index in [4.69, 9.17) is 9.72 Å². The van der Waals surface area contributed by atoms with Crippen LogP contribution in [0, 0.1) is 12.7 Å². The molecule has 1 aromatic carbocycles. The van der Waals surface area contributed by atoms with Gasteiger partial charge >= 0.3 is 0 Å². The Bertz CT molecular complexity index is 909. The van der Waals surface area contributed by atoms with E-state index in [0.29, 0.717) is 18.3 Å². The molecule has 3 aromatic rings. The van der Waals surface area contributed by atoms with Crippen LogP contribution in [0.25, 0.3) is 5.82 Å². The second-order valence-corrected chi connectivity index (χ2v) is 7.21. The Morgan fingerprint density at radius 1 is 1.18 bits per heavy atom. The Morgan fingerprint density at radius 2 is 2.04 bits per heavy atom. The van der Waals surface area contributed by atoms with Crippen LogP contribution in [0.3, 0.4) is 0 Å². The molecule has 0 aliphatic carbocycles. The summed E-state index contributed by atoms with van der Waals surface area (Å²) in [7, 11) is 0. The molecule has 3 heterocycles. The van der Waals surface area contributed by atoms with Crippen molar-refractivity contribution in [2.45, 2.75) is 25.7 Å². The van der Waals surface area contributed by atoms with Crippen molar-refractivity contribution in [3.63, 3.8) is 0 Å². The Kier molecular flexibility index (Phi) is 5.67. The molecular formula is C22H25FN4O. The summed E-state index contributed by atoms with van der Waals surface area (Å²) >= 11 is 0. The maximum Gasteiger partial charge on any atom is 0.138 e. The minimum absolute atomic E-state index is 0.244. The molecule has 28 heavy (non-hydrogen) atoms. The summed E-state index contributed by atoms with van der Waals surface area (Å²) in [6.07, 6.45) is 6.04. The number of ether oxygens (including phenoxy) is 1. The first-order valence-electron chi connectivity index (χ1n) is 9.77. The van der Waals surface area contributed by atoms with Gasteiger partial charge in [-0.1, -0.05) is 6.07 Å². The fourth-order valence-corrected chi connectivity index (χ4v) is 3.74. The normalized spacial score (nSPS) is 17.6. The molecule has 1 aliphatic rings. The van der Waals surface area contributed by atoms with Crippen molar-refractivity contribution in [1.29, 1.82) is 0 Å². The van der Waals surface area contributed by atoms with Crippen LogP contribution in [0.15, 0.2) is 54.9 Å². The van der Waals surface area contributed by atoms with Crippen molar-refractivity contribution in [3.8, 4) is 11.6 Å². The lowest BCUT2D eigenvalue weighted by atomic mass is 9.94. The van der Waals surface area contributed by atoms with Gasteiger partial charge in [0.1, 0.15) is 29.8 Å². The zero-order chi connectivity index (χ0) is 19.3. The predicted octanol–water partition coefficient (Wildman–Crippen LogP) is 3.97. The monoisotopic (exact) mass is 380 g/mol. The van der Waals surface area contributed by atoms with E-state index in [2.05, 4.69) is 22.0 Å². The van der Waals surface area contributed by atoms with E-state index in [9.17, 15) is 4.39 Å². The third-order valence-corrected chi connectivity index (χ3v) is 5.24. The molecule has 0 radical (unpaired) electrons. The van der Waals surface area contributed by atoms with Crippen LogP contribution in [0.4, 0.5) is 4.39 Å². The smallest absolute Gasteiger partial charge is 0.138 e. The maximum atomic E-state index is 13.0. The van der Waals surface area contributed by atoms with Gasteiger partial charge in [-0.2, -0.15) is 0 Å². The van der Waals surface area contributed by atoms with Crippen molar-refractivity contribution in [2.75, 3.05) is 26.2 Å². The van der Waals surface area contributed by atoms with E-state index in [0.717, 1.165) is 49.8 Å². The Balaban J connectivity index is 1.36. The zero-order valence-electron chi connectivity index (χ0n) is 16.1. The van der Waals surface area contributed by atoms with Crippen LogP contribution in [0.5, 0.6) is 5.75 Å². The molecule has 0 N–H and O–H groups in total. The average Bonchev–Trinajstić information content (AvgIpc) is 3.16. The van der Waals surface area contributed by atoms with Crippen molar-refractivity contribution in [1.82, 2.24) is 19.4 Å². The molecule has 1 aliphatic heterocycles. The number of benzene rings is 1. The summed E-state index contributed by atoms with van der Waals surface area (Å²) in [4.78, 5) is 11.6. The number of halogens is 1. The number of pyridine rings is 1. The van der Waals surface area contributed by atoms with E-state index in [1.54, 1.807) is 18.3 Å². The highest BCUT2D eigenvalue weighted by Gasteiger charge is 2.22. The van der Waals surface area contributed by atoms with E-state index < -0.39 is 0 Å². The third kappa shape index (κ3) is 4.39. The first kappa shape index (κ1) is 18.6. The van der Waals surface area contributed by atoms with Gasteiger partial charge in [-0.05, 0) is 62.7 Å². The topological polar surface area (TPSA) is 43.2 Å². The Labute approximate surface area is 164 Å². The van der Waals surface area contributed by atoms with Crippen LogP contribution >= 0.6 is 0 Å². The van der Waals surface area contributed by atoms with Gasteiger partial charge in [0.15, 0.2) is 0 Å². The largest absolute Gasteiger partial charge is 0.492 e. The van der Waals surface area contributed by atoms with Gasteiger partial charge in [-0.25, -0.2) is 14.4 Å².